The lowest BCUT2D eigenvalue weighted by Crippen LogP contribution is -2.51. The molecule has 2 heterocycles. The van der Waals surface area contributed by atoms with E-state index in [0.717, 1.165) is 63.1 Å². The maximum absolute atomic E-state index is 12.5. The van der Waals surface area contributed by atoms with Gasteiger partial charge in [-0.15, -0.1) is 0 Å². The predicted octanol–water partition coefficient (Wildman–Crippen LogP) is 3.28. The van der Waals surface area contributed by atoms with Crippen LogP contribution in [-0.4, -0.2) is 66.4 Å². The van der Waals surface area contributed by atoms with Gasteiger partial charge in [0.05, 0.1) is 6.54 Å². The van der Waals surface area contributed by atoms with Crippen molar-refractivity contribution in [1.82, 2.24) is 14.7 Å². The largest absolute Gasteiger partial charge is 0.342 e. The first-order valence-corrected chi connectivity index (χ1v) is 9.91. The average molecular weight is 364 g/mol. The van der Waals surface area contributed by atoms with Crippen LogP contribution in [0.1, 0.15) is 38.3 Å². The van der Waals surface area contributed by atoms with Crippen LogP contribution in [0.15, 0.2) is 24.3 Å². The van der Waals surface area contributed by atoms with Gasteiger partial charge in [-0.3, -0.25) is 14.6 Å². The van der Waals surface area contributed by atoms with Crippen LogP contribution in [0.4, 0.5) is 0 Å². The molecule has 0 radical (unpaired) electrons. The SMILES string of the molecule is CC1CCN(C(=O)CN2CCN(C(C)c3ccccc3Cl)CC2)CC1. The van der Waals surface area contributed by atoms with Gasteiger partial charge in [-0.05, 0) is 37.3 Å². The van der Waals surface area contributed by atoms with Crippen molar-refractivity contribution in [1.29, 1.82) is 0 Å². The summed E-state index contributed by atoms with van der Waals surface area (Å²) in [5.41, 5.74) is 1.19. The quantitative estimate of drug-likeness (QED) is 0.821. The van der Waals surface area contributed by atoms with Crippen LogP contribution < -0.4 is 0 Å². The Balaban J connectivity index is 1.47. The molecule has 1 atom stereocenters. The van der Waals surface area contributed by atoms with Gasteiger partial charge in [0.25, 0.3) is 0 Å². The molecule has 4 nitrogen and oxygen atoms in total. The van der Waals surface area contributed by atoms with Crippen molar-refractivity contribution in [2.45, 2.75) is 32.7 Å². The second-order valence-electron chi connectivity index (χ2n) is 7.57. The summed E-state index contributed by atoms with van der Waals surface area (Å²) in [5, 5.41) is 0.840. The van der Waals surface area contributed by atoms with Crippen molar-refractivity contribution >= 4 is 17.5 Å². The van der Waals surface area contributed by atoms with E-state index in [4.69, 9.17) is 11.6 Å². The van der Waals surface area contributed by atoms with E-state index in [0.29, 0.717) is 18.5 Å². The lowest BCUT2D eigenvalue weighted by atomic mass is 9.99. The molecule has 3 rings (SSSR count). The molecular formula is C20H30ClN3O. The Morgan fingerprint density at radius 3 is 2.40 bits per heavy atom. The Bertz CT molecular complexity index is 578. The highest BCUT2D eigenvalue weighted by Crippen LogP contribution is 2.27. The summed E-state index contributed by atoms with van der Waals surface area (Å²) < 4.78 is 0. The van der Waals surface area contributed by atoms with Gasteiger partial charge >= 0.3 is 0 Å². The Hall–Kier alpha value is -1.10. The number of nitrogens with zero attached hydrogens (tertiary/aromatic N) is 3. The molecule has 2 saturated heterocycles. The first-order chi connectivity index (χ1) is 12.0. The van der Waals surface area contributed by atoms with Crippen LogP contribution in [0, 0.1) is 5.92 Å². The fourth-order valence-electron chi connectivity index (χ4n) is 3.87. The Morgan fingerprint density at radius 1 is 1.12 bits per heavy atom. The van der Waals surface area contributed by atoms with E-state index in [2.05, 4.69) is 34.6 Å². The number of piperazine rings is 1. The van der Waals surface area contributed by atoms with Gasteiger partial charge in [-0.1, -0.05) is 36.7 Å². The zero-order valence-electron chi connectivity index (χ0n) is 15.5. The number of rotatable bonds is 4. The number of halogens is 1. The van der Waals surface area contributed by atoms with E-state index in [1.54, 1.807) is 0 Å². The molecule has 25 heavy (non-hydrogen) atoms. The second-order valence-corrected chi connectivity index (χ2v) is 7.98. The van der Waals surface area contributed by atoms with Crippen molar-refractivity contribution in [3.05, 3.63) is 34.9 Å². The molecule has 0 N–H and O–H groups in total. The van der Waals surface area contributed by atoms with E-state index in [-0.39, 0.29) is 0 Å². The lowest BCUT2D eigenvalue weighted by Gasteiger charge is -2.39. The fourth-order valence-corrected chi connectivity index (χ4v) is 4.16. The molecule has 0 aromatic heterocycles. The van der Waals surface area contributed by atoms with Crippen molar-refractivity contribution < 1.29 is 4.79 Å². The van der Waals surface area contributed by atoms with Gasteiger partial charge in [-0.2, -0.15) is 0 Å². The fraction of sp³-hybridized carbons (Fsp3) is 0.650. The Morgan fingerprint density at radius 2 is 1.76 bits per heavy atom. The first-order valence-electron chi connectivity index (χ1n) is 9.53. The van der Waals surface area contributed by atoms with E-state index in [1.807, 2.05) is 18.2 Å². The third-order valence-electron chi connectivity index (χ3n) is 5.81. The average Bonchev–Trinajstić information content (AvgIpc) is 2.63. The number of amides is 1. The summed E-state index contributed by atoms with van der Waals surface area (Å²) in [6.07, 6.45) is 2.30. The standard InChI is InChI=1S/C20H30ClN3O/c1-16-7-9-24(10-8-16)20(25)15-22-11-13-23(14-12-22)17(2)18-5-3-4-6-19(18)21/h3-6,16-17H,7-15H2,1-2H3. The summed E-state index contributed by atoms with van der Waals surface area (Å²) in [7, 11) is 0. The highest BCUT2D eigenvalue weighted by atomic mass is 35.5. The molecule has 0 aliphatic carbocycles. The molecule has 1 unspecified atom stereocenters. The number of hydrogen-bond acceptors (Lipinski definition) is 3. The summed E-state index contributed by atoms with van der Waals surface area (Å²) in [4.78, 5) is 19.3. The number of carbonyl (C=O) groups is 1. The molecule has 138 valence electrons. The number of benzene rings is 1. The van der Waals surface area contributed by atoms with Gasteiger partial charge in [0.1, 0.15) is 0 Å². The number of carbonyl (C=O) groups excluding carboxylic acids is 1. The Kier molecular flexibility index (Phi) is 6.37. The molecular weight excluding hydrogens is 334 g/mol. The summed E-state index contributed by atoms with van der Waals surface area (Å²) in [5.74, 6) is 1.07. The van der Waals surface area contributed by atoms with Crippen LogP contribution in [0.25, 0.3) is 0 Å². The van der Waals surface area contributed by atoms with E-state index >= 15 is 0 Å². The smallest absolute Gasteiger partial charge is 0.236 e. The van der Waals surface area contributed by atoms with Gasteiger partial charge in [0.2, 0.25) is 5.91 Å². The van der Waals surface area contributed by atoms with Gasteiger partial charge in [0.15, 0.2) is 0 Å². The molecule has 0 bridgehead atoms. The highest BCUT2D eigenvalue weighted by molar-refractivity contribution is 6.31. The molecule has 2 aliphatic rings. The van der Waals surface area contributed by atoms with Crippen molar-refractivity contribution in [3.8, 4) is 0 Å². The molecule has 0 saturated carbocycles. The van der Waals surface area contributed by atoms with E-state index in [9.17, 15) is 4.79 Å². The number of hydrogen-bond donors (Lipinski definition) is 0. The zero-order chi connectivity index (χ0) is 17.8. The van der Waals surface area contributed by atoms with E-state index in [1.165, 1.54) is 5.56 Å². The molecule has 0 spiro atoms. The minimum absolute atomic E-state index is 0.305. The maximum Gasteiger partial charge on any atom is 0.236 e. The van der Waals surface area contributed by atoms with Gasteiger partial charge in [-0.25, -0.2) is 0 Å². The predicted molar refractivity (Wildman–Crippen MR) is 103 cm³/mol. The number of likely N-dealkylation sites (tertiary alicyclic amines) is 1. The minimum atomic E-state index is 0.305. The van der Waals surface area contributed by atoms with Crippen LogP contribution in [0.5, 0.6) is 0 Å². The minimum Gasteiger partial charge on any atom is -0.342 e. The zero-order valence-corrected chi connectivity index (χ0v) is 16.2. The topological polar surface area (TPSA) is 26.8 Å². The lowest BCUT2D eigenvalue weighted by molar-refractivity contribution is -0.134. The van der Waals surface area contributed by atoms with Crippen LogP contribution in [-0.2, 0) is 4.79 Å². The Labute approximate surface area is 156 Å². The molecule has 2 aliphatic heterocycles. The summed E-state index contributed by atoms with van der Waals surface area (Å²) >= 11 is 6.34. The highest BCUT2D eigenvalue weighted by Gasteiger charge is 2.26. The monoisotopic (exact) mass is 363 g/mol. The van der Waals surface area contributed by atoms with E-state index < -0.39 is 0 Å². The maximum atomic E-state index is 12.5. The van der Waals surface area contributed by atoms with Crippen LogP contribution in [0.3, 0.4) is 0 Å². The van der Waals surface area contributed by atoms with Crippen molar-refractivity contribution in [2.24, 2.45) is 5.92 Å². The third-order valence-corrected chi connectivity index (χ3v) is 6.15. The van der Waals surface area contributed by atoms with Crippen molar-refractivity contribution in [3.63, 3.8) is 0 Å². The number of piperidine rings is 1. The normalized spacial score (nSPS) is 22.1. The first kappa shape index (κ1) is 18.7. The van der Waals surface area contributed by atoms with Gasteiger partial charge in [0, 0.05) is 50.3 Å². The van der Waals surface area contributed by atoms with Crippen molar-refractivity contribution in [2.75, 3.05) is 45.8 Å². The van der Waals surface area contributed by atoms with Gasteiger partial charge < -0.3 is 4.90 Å². The molecule has 2 fully saturated rings. The summed E-state index contributed by atoms with van der Waals surface area (Å²) in [6, 6.07) is 8.41. The van der Waals surface area contributed by atoms with Crippen LogP contribution >= 0.6 is 11.6 Å². The third kappa shape index (κ3) is 4.75. The molecule has 1 amide bonds. The summed E-state index contributed by atoms with van der Waals surface area (Å²) in [6.45, 7) is 10.8. The van der Waals surface area contributed by atoms with Crippen LogP contribution in [0.2, 0.25) is 5.02 Å². The molecule has 5 heteroatoms. The molecule has 1 aromatic rings. The second kappa shape index (κ2) is 8.52. The molecule has 1 aromatic carbocycles.